The Hall–Kier alpha value is -1.43. The number of anilines is 1. The van der Waals surface area contributed by atoms with E-state index >= 15 is 0 Å². The van der Waals surface area contributed by atoms with E-state index < -0.39 is 9.74 Å². The van der Waals surface area contributed by atoms with Gasteiger partial charge >= 0.3 is 0 Å². The molecule has 2 aliphatic rings. The number of rotatable bonds is 1. The van der Waals surface area contributed by atoms with E-state index in [1.807, 2.05) is 44.2 Å². The first-order valence-corrected chi connectivity index (χ1v) is 10.0. The van der Waals surface area contributed by atoms with Crippen molar-refractivity contribution < 1.29 is 9.59 Å². The Labute approximate surface area is 173 Å². The minimum absolute atomic E-state index is 0.299. The molecule has 2 aromatic carbocycles. The fraction of sp³-hybridized carbons (Fsp3) is 0.200. The molecule has 0 fully saturated rings. The third-order valence-corrected chi connectivity index (χ3v) is 7.21. The molecular formula is C20H14Br2ClNO2. The second kappa shape index (κ2) is 5.78. The van der Waals surface area contributed by atoms with Crippen LogP contribution in [-0.4, -0.2) is 11.7 Å². The Morgan fingerprint density at radius 3 is 2.35 bits per heavy atom. The van der Waals surface area contributed by atoms with Crippen LogP contribution in [0.4, 0.5) is 5.69 Å². The number of Topliss-reactive ketones (excluding diaryl/α,β-unsaturated/α-hetero) is 1. The van der Waals surface area contributed by atoms with Crippen LogP contribution in [0.1, 0.15) is 25.0 Å². The van der Waals surface area contributed by atoms with Crippen molar-refractivity contribution in [3.05, 3.63) is 74.9 Å². The van der Waals surface area contributed by atoms with E-state index in [1.165, 1.54) is 0 Å². The highest BCUT2D eigenvalue weighted by atomic mass is 79.9. The van der Waals surface area contributed by atoms with Gasteiger partial charge in [0.15, 0.2) is 4.32 Å². The number of fused-ring (bicyclic) bond motifs is 3. The van der Waals surface area contributed by atoms with Gasteiger partial charge in [0.05, 0.1) is 15.9 Å². The smallest absolute Gasteiger partial charge is 0.260 e. The molecule has 2 aromatic rings. The third kappa shape index (κ3) is 2.17. The number of halogens is 3. The molecule has 132 valence electrons. The van der Waals surface area contributed by atoms with Gasteiger partial charge in [-0.05, 0) is 45.3 Å². The number of ketones is 1. The van der Waals surface area contributed by atoms with E-state index in [2.05, 4.69) is 31.9 Å². The quantitative estimate of drug-likeness (QED) is 0.390. The van der Waals surface area contributed by atoms with Gasteiger partial charge in [-0.25, -0.2) is 0 Å². The normalized spacial score (nSPS) is 24.0. The number of alkyl halides is 1. The SMILES string of the molecule is CC1(C)C2=C(Br)C(=O)C(Br)(c3ccccc3)C(=O)N2c2ccc(Cl)cc21. The van der Waals surface area contributed by atoms with Crippen molar-refractivity contribution in [2.75, 3.05) is 4.90 Å². The lowest BCUT2D eigenvalue weighted by atomic mass is 9.81. The maximum atomic E-state index is 13.6. The van der Waals surface area contributed by atoms with E-state index in [1.54, 1.807) is 23.1 Å². The van der Waals surface area contributed by atoms with Crippen molar-refractivity contribution in [2.45, 2.75) is 23.6 Å². The van der Waals surface area contributed by atoms with Crippen LogP contribution in [0.5, 0.6) is 0 Å². The van der Waals surface area contributed by atoms with Crippen LogP contribution in [0.15, 0.2) is 58.7 Å². The molecule has 0 N–H and O–H groups in total. The summed E-state index contributed by atoms with van der Waals surface area (Å²) in [6.07, 6.45) is 0. The Kier molecular flexibility index (Phi) is 3.99. The number of hydrogen-bond donors (Lipinski definition) is 0. The summed E-state index contributed by atoms with van der Waals surface area (Å²) in [6, 6.07) is 14.5. The maximum absolute atomic E-state index is 13.6. The molecule has 2 heterocycles. The molecule has 26 heavy (non-hydrogen) atoms. The van der Waals surface area contributed by atoms with Gasteiger partial charge in [-0.1, -0.05) is 71.7 Å². The summed E-state index contributed by atoms with van der Waals surface area (Å²) in [5.74, 6) is -0.618. The minimum atomic E-state index is -1.46. The summed E-state index contributed by atoms with van der Waals surface area (Å²) in [6.45, 7) is 3.98. The molecule has 0 aliphatic carbocycles. The summed E-state index contributed by atoms with van der Waals surface area (Å²) < 4.78 is -1.07. The van der Waals surface area contributed by atoms with Crippen LogP contribution in [-0.2, 0) is 19.3 Å². The fourth-order valence-electron chi connectivity index (χ4n) is 3.75. The summed E-state index contributed by atoms with van der Waals surface area (Å²) >= 11 is 13.2. The molecule has 0 spiro atoms. The van der Waals surface area contributed by atoms with Gasteiger partial charge in [-0.15, -0.1) is 0 Å². The molecule has 3 nitrogen and oxygen atoms in total. The third-order valence-electron chi connectivity index (χ3n) is 5.08. The van der Waals surface area contributed by atoms with Gasteiger partial charge in [-0.3, -0.25) is 14.5 Å². The number of nitrogens with zero attached hydrogens (tertiary/aromatic N) is 1. The Balaban J connectivity index is 2.03. The monoisotopic (exact) mass is 493 g/mol. The highest BCUT2D eigenvalue weighted by Crippen LogP contribution is 2.56. The van der Waals surface area contributed by atoms with Gasteiger partial charge < -0.3 is 0 Å². The molecule has 6 heteroatoms. The first kappa shape index (κ1) is 18.0. The second-order valence-corrected chi connectivity index (χ2v) is 9.36. The van der Waals surface area contributed by atoms with Gasteiger partial charge in [0, 0.05) is 10.4 Å². The van der Waals surface area contributed by atoms with E-state index in [9.17, 15) is 9.59 Å². The molecule has 1 amide bonds. The van der Waals surface area contributed by atoms with Gasteiger partial charge in [0.2, 0.25) is 5.78 Å². The Morgan fingerprint density at radius 1 is 1.04 bits per heavy atom. The Morgan fingerprint density at radius 2 is 1.69 bits per heavy atom. The van der Waals surface area contributed by atoms with Crippen LogP contribution in [0, 0.1) is 0 Å². The fourth-order valence-corrected chi connectivity index (χ4v) is 5.80. The first-order valence-electron chi connectivity index (χ1n) is 8.04. The van der Waals surface area contributed by atoms with Crippen molar-refractivity contribution in [3.63, 3.8) is 0 Å². The summed E-state index contributed by atoms with van der Waals surface area (Å²) in [5.41, 5.74) is 2.39. The highest BCUT2D eigenvalue weighted by molar-refractivity contribution is 9.12. The van der Waals surface area contributed by atoms with Crippen LogP contribution >= 0.6 is 43.5 Å². The van der Waals surface area contributed by atoms with Crippen molar-refractivity contribution in [1.82, 2.24) is 0 Å². The summed E-state index contributed by atoms with van der Waals surface area (Å²) in [5, 5.41) is 0.598. The molecule has 2 aliphatic heterocycles. The largest absolute Gasteiger partial charge is 0.291 e. The van der Waals surface area contributed by atoms with E-state index in [0.717, 1.165) is 11.3 Å². The topological polar surface area (TPSA) is 37.4 Å². The predicted molar refractivity (Wildman–Crippen MR) is 110 cm³/mol. The molecule has 0 aromatic heterocycles. The van der Waals surface area contributed by atoms with Crippen LogP contribution < -0.4 is 4.90 Å². The van der Waals surface area contributed by atoms with Crippen molar-refractivity contribution in [3.8, 4) is 0 Å². The number of allylic oxidation sites excluding steroid dienone is 2. The molecule has 0 saturated heterocycles. The molecular weight excluding hydrogens is 481 g/mol. The minimum Gasteiger partial charge on any atom is -0.291 e. The van der Waals surface area contributed by atoms with Crippen molar-refractivity contribution >= 4 is 60.8 Å². The number of amides is 1. The average Bonchev–Trinajstić information content (AvgIpc) is 2.86. The summed E-state index contributed by atoms with van der Waals surface area (Å²) in [4.78, 5) is 28.5. The lowest BCUT2D eigenvalue weighted by Crippen LogP contribution is -2.52. The lowest BCUT2D eigenvalue weighted by Gasteiger charge is -2.38. The zero-order valence-corrected chi connectivity index (χ0v) is 17.9. The Bertz CT molecular complexity index is 1000. The highest BCUT2D eigenvalue weighted by Gasteiger charge is 2.59. The van der Waals surface area contributed by atoms with Crippen LogP contribution in [0.3, 0.4) is 0 Å². The van der Waals surface area contributed by atoms with Gasteiger partial charge in [-0.2, -0.15) is 0 Å². The van der Waals surface area contributed by atoms with Crippen molar-refractivity contribution in [1.29, 1.82) is 0 Å². The van der Waals surface area contributed by atoms with E-state index in [-0.39, 0.29) is 11.7 Å². The van der Waals surface area contributed by atoms with Crippen LogP contribution in [0.2, 0.25) is 5.02 Å². The molecule has 1 atom stereocenters. The van der Waals surface area contributed by atoms with E-state index in [0.29, 0.717) is 20.8 Å². The molecule has 0 saturated carbocycles. The van der Waals surface area contributed by atoms with Gasteiger partial charge in [0.1, 0.15) is 0 Å². The van der Waals surface area contributed by atoms with Crippen LogP contribution in [0.25, 0.3) is 0 Å². The molecule has 0 radical (unpaired) electrons. The molecule has 0 bridgehead atoms. The first-order chi connectivity index (χ1) is 12.2. The number of carbonyl (C=O) groups excluding carboxylic acids is 2. The summed E-state index contributed by atoms with van der Waals surface area (Å²) in [7, 11) is 0. The second-order valence-electron chi connectivity index (χ2n) is 6.94. The number of carbonyl (C=O) groups is 2. The predicted octanol–water partition coefficient (Wildman–Crippen LogP) is 5.44. The lowest BCUT2D eigenvalue weighted by molar-refractivity contribution is -0.128. The number of hydrogen-bond acceptors (Lipinski definition) is 2. The molecule has 4 rings (SSSR count). The van der Waals surface area contributed by atoms with Gasteiger partial charge in [0.25, 0.3) is 5.91 Å². The zero-order valence-electron chi connectivity index (χ0n) is 14.0. The van der Waals surface area contributed by atoms with E-state index in [4.69, 9.17) is 11.6 Å². The maximum Gasteiger partial charge on any atom is 0.260 e. The number of benzene rings is 2. The van der Waals surface area contributed by atoms with Crippen molar-refractivity contribution in [2.24, 2.45) is 0 Å². The zero-order chi connectivity index (χ0) is 18.9. The standard InChI is InChI=1S/C20H14Br2ClNO2/c1-19(2)13-10-12(23)8-9-14(13)24-16(19)15(21)17(25)20(22,18(24)26)11-6-4-3-5-7-11/h3-10H,1-2H3. The average molecular weight is 496 g/mol. The molecule has 1 unspecified atom stereocenters.